The van der Waals surface area contributed by atoms with Gasteiger partial charge in [0.1, 0.15) is 5.82 Å². The van der Waals surface area contributed by atoms with Gasteiger partial charge in [0.15, 0.2) is 11.5 Å². The van der Waals surface area contributed by atoms with Gasteiger partial charge in [0, 0.05) is 18.3 Å². The Kier molecular flexibility index (Phi) is 5.07. The average molecular weight is 354 g/mol. The van der Waals surface area contributed by atoms with Crippen molar-refractivity contribution in [3.8, 4) is 11.5 Å². The molecule has 0 radical (unpaired) electrons. The molecule has 0 spiro atoms. The molecule has 0 aromatic heterocycles. The van der Waals surface area contributed by atoms with Crippen molar-refractivity contribution >= 4 is 21.6 Å². The van der Waals surface area contributed by atoms with Crippen LogP contribution in [0.1, 0.15) is 11.1 Å². The molecule has 0 fully saturated rings. The Labute approximate surface area is 132 Å². The van der Waals surface area contributed by atoms with Gasteiger partial charge in [-0.2, -0.15) is 0 Å². The van der Waals surface area contributed by atoms with Gasteiger partial charge in [0.25, 0.3) is 0 Å². The molecule has 0 aliphatic carbocycles. The summed E-state index contributed by atoms with van der Waals surface area (Å²) in [5.74, 6) is 1.08. The zero-order chi connectivity index (χ0) is 15.4. The smallest absolute Gasteiger partial charge is 0.162 e. The first-order valence-electron chi connectivity index (χ1n) is 6.45. The summed E-state index contributed by atoms with van der Waals surface area (Å²) in [6, 6.07) is 8.87. The van der Waals surface area contributed by atoms with Gasteiger partial charge < -0.3 is 14.8 Å². The molecule has 0 amide bonds. The van der Waals surface area contributed by atoms with Gasteiger partial charge >= 0.3 is 0 Å². The number of methoxy groups -OCH3 is 2. The summed E-state index contributed by atoms with van der Waals surface area (Å²) in [7, 11) is 3.20. The van der Waals surface area contributed by atoms with E-state index in [0.29, 0.717) is 22.5 Å². The molecule has 2 aromatic rings. The van der Waals surface area contributed by atoms with Crippen LogP contribution in [-0.4, -0.2) is 14.2 Å². The minimum absolute atomic E-state index is 0.265. The van der Waals surface area contributed by atoms with Gasteiger partial charge in [-0.15, -0.1) is 0 Å². The quantitative estimate of drug-likeness (QED) is 0.856. The van der Waals surface area contributed by atoms with Crippen molar-refractivity contribution in [1.82, 2.24) is 0 Å². The third kappa shape index (κ3) is 3.67. The minimum Gasteiger partial charge on any atom is -0.493 e. The van der Waals surface area contributed by atoms with E-state index < -0.39 is 0 Å². The first-order chi connectivity index (χ1) is 10.0. The largest absolute Gasteiger partial charge is 0.493 e. The van der Waals surface area contributed by atoms with Crippen molar-refractivity contribution < 1.29 is 13.9 Å². The van der Waals surface area contributed by atoms with Gasteiger partial charge in [0.2, 0.25) is 0 Å². The highest BCUT2D eigenvalue weighted by Gasteiger charge is 2.08. The second-order valence-corrected chi connectivity index (χ2v) is 5.48. The lowest BCUT2D eigenvalue weighted by molar-refractivity contribution is 0.355. The van der Waals surface area contributed by atoms with Gasteiger partial charge in [-0.3, -0.25) is 0 Å². The SMILES string of the molecule is COc1cc(C)c(NCc2ccc(Br)c(F)c2)cc1OC. The van der Waals surface area contributed by atoms with Crippen LogP contribution in [0.4, 0.5) is 10.1 Å². The summed E-state index contributed by atoms with van der Waals surface area (Å²) in [6.45, 7) is 2.51. The van der Waals surface area contributed by atoms with Crippen LogP contribution >= 0.6 is 15.9 Å². The summed E-state index contributed by atoms with van der Waals surface area (Å²) >= 11 is 3.15. The first kappa shape index (κ1) is 15.6. The van der Waals surface area contributed by atoms with Crippen LogP contribution in [0.5, 0.6) is 11.5 Å². The Hall–Kier alpha value is -1.75. The van der Waals surface area contributed by atoms with Crippen LogP contribution in [0, 0.1) is 12.7 Å². The number of benzene rings is 2. The molecule has 0 unspecified atom stereocenters. The Balaban J connectivity index is 2.17. The number of halogens is 2. The molecule has 0 atom stereocenters. The summed E-state index contributed by atoms with van der Waals surface area (Å²) in [4.78, 5) is 0. The molecular formula is C16H17BrFNO2. The molecule has 2 aromatic carbocycles. The Morgan fingerprint density at radius 3 is 2.38 bits per heavy atom. The Morgan fingerprint density at radius 2 is 1.76 bits per heavy atom. The van der Waals surface area contributed by atoms with Gasteiger partial charge in [0.05, 0.1) is 18.7 Å². The highest BCUT2D eigenvalue weighted by atomic mass is 79.9. The maximum absolute atomic E-state index is 13.5. The third-order valence-electron chi connectivity index (χ3n) is 3.20. The molecular weight excluding hydrogens is 337 g/mol. The Bertz CT molecular complexity index is 646. The summed E-state index contributed by atoms with van der Waals surface area (Å²) in [6.07, 6.45) is 0. The minimum atomic E-state index is -0.265. The number of hydrogen-bond acceptors (Lipinski definition) is 3. The van der Waals surface area contributed by atoms with Crippen LogP contribution in [0.25, 0.3) is 0 Å². The topological polar surface area (TPSA) is 30.5 Å². The van der Waals surface area contributed by atoms with Crippen molar-refractivity contribution in [3.63, 3.8) is 0 Å². The Morgan fingerprint density at radius 1 is 1.10 bits per heavy atom. The summed E-state index contributed by atoms with van der Waals surface area (Å²) in [5, 5.41) is 3.28. The predicted molar refractivity (Wildman–Crippen MR) is 85.7 cm³/mol. The fraction of sp³-hybridized carbons (Fsp3) is 0.250. The lowest BCUT2D eigenvalue weighted by Gasteiger charge is -2.14. The number of anilines is 1. The first-order valence-corrected chi connectivity index (χ1v) is 7.25. The zero-order valence-corrected chi connectivity index (χ0v) is 13.8. The highest BCUT2D eigenvalue weighted by molar-refractivity contribution is 9.10. The van der Waals surface area contributed by atoms with Crippen molar-refractivity contribution in [3.05, 3.63) is 51.7 Å². The molecule has 0 aliphatic heterocycles. The zero-order valence-electron chi connectivity index (χ0n) is 12.2. The fourth-order valence-corrected chi connectivity index (χ4v) is 2.26. The lowest BCUT2D eigenvalue weighted by atomic mass is 10.1. The molecule has 2 rings (SSSR count). The second-order valence-electron chi connectivity index (χ2n) is 4.62. The molecule has 0 saturated carbocycles. The van der Waals surface area contributed by atoms with E-state index in [-0.39, 0.29) is 5.82 Å². The molecule has 0 saturated heterocycles. The number of aryl methyl sites for hydroxylation is 1. The molecule has 1 N–H and O–H groups in total. The van der Waals surface area contributed by atoms with Crippen LogP contribution in [0.2, 0.25) is 0 Å². The third-order valence-corrected chi connectivity index (χ3v) is 3.84. The van der Waals surface area contributed by atoms with Gasteiger partial charge in [-0.05, 0) is 52.2 Å². The van der Waals surface area contributed by atoms with Gasteiger partial charge in [-0.25, -0.2) is 4.39 Å². The number of hydrogen-bond donors (Lipinski definition) is 1. The number of nitrogens with one attached hydrogen (secondary N) is 1. The maximum Gasteiger partial charge on any atom is 0.162 e. The van der Waals surface area contributed by atoms with Crippen LogP contribution < -0.4 is 14.8 Å². The standard InChI is InChI=1S/C16H17BrFNO2/c1-10-6-15(20-2)16(21-3)8-14(10)19-9-11-4-5-12(17)13(18)7-11/h4-8,19H,9H2,1-3H3. The van der Waals surface area contributed by atoms with E-state index in [1.165, 1.54) is 6.07 Å². The van der Waals surface area contributed by atoms with E-state index in [4.69, 9.17) is 9.47 Å². The van der Waals surface area contributed by atoms with E-state index in [2.05, 4.69) is 21.2 Å². The summed E-state index contributed by atoms with van der Waals surface area (Å²) in [5.41, 5.74) is 2.83. The van der Waals surface area contributed by atoms with E-state index in [1.807, 2.05) is 25.1 Å². The number of rotatable bonds is 5. The highest BCUT2D eigenvalue weighted by Crippen LogP contribution is 2.33. The molecule has 0 bridgehead atoms. The lowest BCUT2D eigenvalue weighted by Crippen LogP contribution is -2.03. The molecule has 5 heteroatoms. The van der Waals surface area contributed by atoms with Crippen molar-refractivity contribution in [2.24, 2.45) is 0 Å². The van der Waals surface area contributed by atoms with E-state index in [0.717, 1.165) is 16.8 Å². The molecule has 112 valence electrons. The number of ether oxygens (including phenoxy) is 2. The van der Waals surface area contributed by atoms with E-state index in [9.17, 15) is 4.39 Å². The summed E-state index contributed by atoms with van der Waals surface area (Å²) < 4.78 is 24.5. The van der Waals surface area contributed by atoms with Crippen molar-refractivity contribution in [1.29, 1.82) is 0 Å². The molecule has 21 heavy (non-hydrogen) atoms. The van der Waals surface area contributed by atoms with E-state index in [1.54, 1.807) is 20.3 Å². The van der Waals surface area contributed by atoms with Crippen molar-refractivity contribution in [2.45, 2.75) is 13.5 Å². The fourth-order valence-electron chi connectivity index (χ4n) is 2.02. The van der Waals surface area contributed by atoms with E-state index >= 15 is 0 Å². The average Bonchev–Trinajstić information content (AvgIpc) is 2.49. The maximum atomic E-state index is 13.5. The second kappa shape index (κ2) is 6.80. The van der Waals surface area contributed by atoms with Crippen LogP contribution in [-0.2, 0) is 6.54 Å². The van der Waals surface area contributed by atoms with Crippen LogP contribution in [0.3, 0.4) is 0 Å². The molecule has 0 heterocycles. The predicted octanol–water partition coefficient (Wildman–Crippen LogP) is 4.53. The van der Waals surface area contributed by atoms with Gasteiger partial charge in [-0.1, -0.05) is 6.07 Å². The van der Waals surface area contributed by atoms with Crippen LogP contribution in [0.15, 0.2) is 34.8 Å². The van der Waals surface area contributed by atoms with Crippen molar-refractivity contribution in [2.75, 3.05) is 19.5 Å². The monoisotopic (exact) mass is 353 g/mol. The molecule has 0 aliphatic rings. The molecule has 3 nitrogen and oxygen atoms in total. The normalized spacial score (nSPS) is 10.3.